The highest BCUT2D eigenvalue weighted by Crippen LogP contribution is 2.35. The number of hydrogen-bond donors (Lipinski definition) is 0. The number of carbonyl (C=O) groups excluding carboxylic acids is 2. The van der Waals surface area contributed by atoms with Gasteiger partial charge in [-0.2, -0.15) is 13.2 Å². The van der Waals surface area contributed by atoms with Crippen molar-refractivity contribution in [3.8, 4) is 0 Å². The number of ketones is 1. The zero-order valence-corrected chi connectivity index (χ0v) is 11.2. The summed E-state index contributed by atoms with van der Waals surface area (Å²) in [6.07, 6.45) is -7.29. The summed E-state index contributed by atoms with van der Waals surface area (Å²) in [5.41, 5.74) is -0.273. The van der Waals surface area contributed by atoms with E-state index < -0.39 is 24.0 Å². The summed E-state index contributed by atoms with van der Waals surface area (Å²) in [7, 11) is 0. The molecule has 114 valence electrons. The van der Waals surface area contributed by atoms with E-state index in [2.05, 4.69) is 4.74 Å². The van der Waals surface area contributed by atoms with Crippen molar-refractivity contribution < 1.29 is 27.5 Å². The summed E-state index contributed by atoms with van der Waals surface area (Å²) < 4.78 is 43.5. The molecular formula is C16H11F3O3. The van der Waals surface area contributed by atoms with Gasteiger partial charge in [-0.1, -0.05) is 60.7 Å². The largest absolute Gasteiger partial charge is 0.442 e. The van der Waals surface area contributed by atoms with Crippen molar-refractivity contribution in [2.45, 2.75) is 12.3 Å². The van der Waals surface area contributed by atoms with Gasteiger partial charge in [0.05, 0.1) is 0 Å². The number of esters is 1. The molecule has 1 atom stereocenters. The van der Waals surface area contributed by atoms with Crippen LogP contribution < -0.4 is 0 Å². The van der Waals surface area contributed by atoms with Crippen molar-refractivity contribution in [3.05, 3.63) is 71.8 Å². The molecule has 0 bridgehead atoms. The molecule has 0 aliphatic rings. The van der Waals surface area contributed by atoms with E-state index in [1.807, 2.05) is 0 Å². The summed E-state index contributed by atoms with van der Waals surface area (Å²) in [6, 6.07) is 13.9. The number of hydrogen-bond acceptors (Lipinski definition) is 3. The van der Waals surface area contributed by atoms with E-state index >= 15 is 0 Å². The van der Waals surface area contributed by atoms with E-state index in [1.165, 1.54) is 54.6 Å². The third kappa shape index (κ3) is 3.72. The lowest BCUT2D eigenvalue weighted by atomic mass is 10.1. The van der Waals surface area contributed by atoms with Crippen LogP contribution in [0.2, 0.25) is 0 Å². The maximum Gasteiger partial charge on any atom is 0.429 e. The van der Waals surface area contributed by atoms with Crippen molar-refractivity contribution in [1.82, 2.24) is 0 Å². The summed E-state index contributed by atoms with van der Waals surface area (Å²) in [5.74, 6) is -2.66. The van der Waals surface area contributed by atoms with Crippen LogP contribution in [0.4, 0.5) is 13.2 Å². The van der Waals surface area contributed by atoms with E-state index in [0.29, 0.717) is 0 Å². The van der Waals surface area contributed by atoms with Crippen LogP contribution in [0, 0.1) is 0 Å². The van der Waals surface area contributed by atoms with Gasteiger partial charge in [-0.05, 0) is 0 Å². The molecule has 0 radical (unpaired) electrons. The summed E-state index contributed by atoms with van der Waals surface area (Å²) in [6.45, 7) is 0. The highest BCUT2D eigenvalue weighted by Gasteiger charge is 2.44. The van der Waals surface area contributed by atoms with Crippen LogP contribution in [0.3, 0.4) is 0 Å². The summed E-state index contributed by atoms with van der Waals surface area (Å²) >= 11 is 0. The Morgan fingerprint density at radius 3 is 1.86 bits per heavy atom. The predicted molar refractivity (Wildman–Crippen MR) is 72.1 cm³/mol. The first-order valence-electron chi connectivity index (χ1n) is 6.31. The normalized spacial score (nSPS) is 12.5. The zero-order valence-electron chi connectivity index (χ0n) is 11.2. The Hall–Kier alpha value is -2.63. The topological polar surface area (TPSA) is 43.4 Å². The molecular weight excluding hydrogens is 297 g/mol. The van der Waals surface area contributed by atoms with Gasteiger partial charge in [0, 0.05) is 11.1 Å². The Balaban J connectivity index is 2.21. The molecule has 2 rings (SSSR count). The molecule has 2 aromatic carbocycles. The second-order valence-electron chi connectivity index (χ2n) is 4.43. The van der Waals surface area contributed by atoms with Gasteiger partial charge in [0.25, 0.3) is 5.78 Å². The van der Waals surface area contributed by atoms with Crippen molar-refractivity contribution in [1.29, 1.82) is 0 Å². The number of ether oxygens (including phenoxy) is 1. The molecule has 6 heteroatoms. The Kier molecular flexibility index (Phi) is 4.60. The van der Waals surface area contributed by atoms with Gasteiger partial charge in [0.2, 0.25) is 6.10 Å². The summed E-state index contributed by atoms with van der Waals surface area (Å²) in [5, 5.41) is 0. The predicted octanol–water partition coefficient (Wildman–Crippen LogP) is 3.72. The molecule has 0 aliphatic heterocycles. The number of benzene rings is 2. The van der Waals surface area contributed by atoms with Crippen molar-refractivity contribution in [2.75, 3.05) is 0 Å². The molecule has 2 aromatic rings. The smallest absolute Gasteiger partial charge is 0.429 e. The Morgan fingerprint density at radius 2 is 1.36 bits per heavy atom. The first kappa shape index (κ1) is 15.8. The molecule has 0 heterocycles. The lowest BCUT2D eigenvalue weighted by Crippen LogP contribution is -2.29. The molecule has 0 aromatic heterocycles. The second kappa shape index (κ2) is 6.43. The van der Waals surface area contributed by atoms with E-state index in [1.54, 1.807) is 6.07 Å². The van der Waals surface area contributed by atoms with Gasteiger partial charge in [0.1, 0.15) is 0 Å². The van der Waals surface area contributed by atoms with Crippen LogP contribution in [-0.2, 0) is 9.53 Å². The fraction of sp³-hybridized carbons (Fsp3) is 0.125. The number of carbonyl (C=O) groups is 2. The van der Waals surface area contributed by atoms with Gasteiger partial charge in [-0.15, -0.1) is 0 Å². The van der Waals surface area contributed by atoms with E-state index in [0.717, 1.165) is 0 Å². The van der Waals surface area contributed by atoms with Crippen LogP contribution in [0.1, 0.15) is 22.0 Å². The first-order chi connectivity index (χ1) is 10.4. The third-order valence-electron chi connectivity index (χ3n) is 2.85. The molecule has 3 nitrogen and oxygen atoms in total. The summed E-state index contributed by atoms with van der Waals surface area (Å²) in [4.78, 5) is 23.5. The second-order valence-corrected chi connectivity index (χ2v) is 4.43. The lowest BCUT2D eigenvalue weighted by Gasteiger charge is -2.20. The fourth-order valence-electron chi connectivity index (χ4n) is 1.82. The van der Waals surface area contributed by atoms with Gasteiger partial charge in [-0.3, -0.25) is 4.79 Å². The number of alkyl halides is 3. The minimum absolute atomic E-state index is 0.0264. The van der Waals surface area contributed by atoms with Crippen molar-refractivity contribution in [3.63, 3.8) is 0 Å². The molecule has 0 aliphatic carbocycles. The van der Waals surface area contributed by atoms with E-state index in [-0.39, 0.29) is 11.1 Å². The Labute approximate surface area is 124 Å². The van der Waals surface area contributed by atoms with Crippen LogP contribution in [-0.4, -0.2) is 17.9 Å². The van der Waals surface area contributed by atoms with Gasteiger partial charge >= 0.3 is 12.1 Å². The molecule has 0 spiro atoms. The van der Waals surface area contributed by atoms with Crippen LogP contribution in [0.5, 0.6) is 0 Å². The van der Waals surface area contributed by atoms with Crippen LogP contribution in [0.25, 0.3) is 0 Å². The van der Waals surface area contributed by atoms with Crippen LogP contribution in [0.15, 0.2) is 60.7 Å². The standard InChI is InChI=1S/C16H11F3O3/c17-16(18,19)14(12-9-5-2-6-10-12)22-15(21)13(20)11-7-3-1-4-8-11/h1-10,14H. The molecule has 22 heavy (non-hydrogen) atoms. The maximum absolute atomic E-state index is 13.0. The fourth-order valence-corrected chi connectivity index (χ4v) is 1.82. The molecule has 1 unspecified atom stereocenters. The lowest BCUT2D eigenvalue weighted by molar-refractivity contribution is -0.221. The highest BCUT2D eigenvalue weighted by molar-refractivity contribution is 6.40. The molecule has 0 amide bonds. The number of Topliss-reactive ketones (excluding diaryl/α,β-unsaturated/α-hetero) is 1. The monoisotopic (exact) mass is 308 g/mol. The molecule has 0 saturated carbocycles. The van der Waals surface area contributed by atoms with E-state index in [9.17, 15) is 22.8 Å². The van der Waals surface area contributed by atoms with Crippen molar-refractivity contribution >= 4 is 11.8 Å². The van der Waals surface area contributed by atoms with Gasteiger partial charge in [-0.25, -0.2) is 4.79 Å². The van der Waals surface area contributed by atoms with E-state index in [4.69, 9.17) is 0 Å². The maximum atomic E-state index is 13.0. The first-order valence-corrected chi connectivity index (χ1v) is 6.31. The minimum Gasteiger partial charge on any atom is -0.442 e. The molecule has 0 fully saturated rings. The number of halogens is 3. The SMILES string of the molecule is O=C(OC(c1ccccc1)C(F)(F)F)C(=O)c1ccccc1. The van der Waals surface area contributed by atoms with Crippen LogP contribution >= 0.6 is 0 Å². The zero-order chi connectivity index (χ0) is 16.2. The highest BCUT2D eigenvalue weighted by atomic mass is 19.4. The molecule has 0 saturated heterocycles. The Morgan fingerprint density at radius 1 is 0.864 bits per heavy atom. The Bertz CT molecular complexity index is 651. The molecule has 0 N–H and O–H groups in total. The van der Waals surface area contributed by atoms with Gasteiger partial charge < -0.3 is 4.74 Å². The minimum atomic E-state index is -4.81. The third-order valence-corrected chi connectivity index (χ3v) is 2.85. The average Bonchev–Trinajstić information content (AvgIpc) is 2.52. The average molecular weight is 308 g/mol. The quantitative estimate of drug-likeness (QED) is 0.491. The number of rotatable bonds is 4. The van der Waals surface area contributed by atoms with Gasteiger partial charge in [0.15, 0.2) is 0 Å². The van der Waals surface area contributed by atoms with Crippen molar-refractivity contribution in [2.24, 2.45) is 0 Å².